The Morgan fingerprint density at radius 3 is 2.84 bits per heavy atom. The molecule has 1 aromatic carbocycles. The van der Waals surface area contributed by atoms with Crippen molar-refractivity contribution in [2.45, 2.75) is 51.2 Å². The lowest BCUT2D eigenvalue weighted by Gasteiger charge is -2.40. The van der Waals surface area contributed by atoms with Crippen molar-refractivity contribution >= 4 is 11.4 Å². The van der Waals surface area contributed by atoms with E-state index in [1.54, 1.807) is 6.07 Å². The molecule has 1 heterocycles. The smallest absolute Gasteiger partial charge is 0.148 e. The summed E-state index contributed by atoms with van der Waals surface area (Å²) < 4.78 is 19.4. The van der Waals surface area contributed by atoms with Gasteiger partial charge in [0.2, 0.25) is 0 Å². The van der Waals surface area contributed by atoms with Gasteiger partial charge >= 0.3 is 0 Å². The average Bonchev–Trinajstić information content (AvgIpc) is 2.44. The van der Waals surface area contributed by atoms with Crippen LogP contribution in [0.4, 0.5) is 15.8 Å². The number of hydrogen-bond donors (Lipinski definition) is 2. The molecule has 1 saturated heterocycles. The Morgan fingerprint density at radius 1 is 1.42 bits per heavy atom. The summed E-state index contributed by atoms with van der Waals surface area (Å²) in [6.45, 7) is 5.05. The van der Waals surface area contributed by atoms with E-state index in [0.717, 1.165) is 32.3 Å². The average molecular weight is 266 g/mol. The molecular formula is C15H23FN2O. The minimum atomic E-state index is -0.366. The predicted molar refractivity (Wildman–Crippen MR) is 76.7 cm³/mol. The maximum Gasteiger partial charge on any atom is 0.148 e. The van der Waals surface area contributed by atoms with Gasteiger partial charge in [-0.3, -0.25) is 0 Å². The molecule has 0 radical (unpaired) electrons. The molecule has 0 amide bonds. The predicted octanol–water partition coefficient (Wildman–Crippen LogP) is 3.56. The lowest BCUT2D eigenvalue weighted by molar-refractivity contribution is -0.0864. The molecule has 106 valence electrons. The van der Waals surface area contributed by atoms with E-state index in [1.807, 2.05) is 6.07 Å². The third-order valence-corrected chi connectivity index (χ3v) is 4.19. The molecule has 1 atom stereocenters. The van der Waals surface area contributed by atoms with Crippen molar-refractivity contribution in [1.82, 2.24) is 0 Å². The van der Waals surface area contributed by atoms with E-state index in [1.165, 1.54) is 6.07 Å². The number of nitrogens with two attached hydrogens (primary N) is 1. The van der Waals surface area contributed by atoms with Crippen LogP contribution in [0.3, 0.4) is 0 Å². The minimum absolute atomic E-state index is 0.0436. The molecule has 19 heavy (non-hydrogen) atoms. The van der Waals surface area contributed by atoms with Gasteiger partial charge in [0, 0.05) is 12.6 Å². The van der Waals surface area contributed by atoms with Crippen LogP contribution in [0, 0.1) is 5.82 Å². The highest BCUT2D eigenvalue weighted by atomic mass is 19.1. The van der Waals surface area contributed by atoms with Gasteiger partial charge < -0.3 is 15.8 Å². The molecule has 0 aromatic heterocycles. The van der Waals surface area contributed by atoms with Crippen LogP contribution < -0.4 is 11.1 Å². The van der Waals surface area contributed by atoms with E-state index < -0.39 is 0 Å². The van der Waals surface area contributed by atoms with E-state index in [0.29, 0.717) is 5.69 Å². The van der Waals surface area contributed by atoms with Crippen LogP contribution >= 0.6 is 0 Å². The zero-order valence-electron chi connectivity index (χ0n) is 11.7. The molecule has 1 fully saturated rings. The largest absolute Gasteiger partial charge is 0.395 e. The quantitative estimate of drug-likeness (QED) is 0.819. The zero-order chi connectivity index (χ0) is 13.9. The Kier molecular flexibility index (Phi) is 4.30. The number of rotatable bonds is 4. The number of para-hydroxylation sites is 1. The second-order valence-electron chi connectivity index (χ2n) is 5.27. The molecule has 0 aliphatic carbocycles. The number of nitrogen functional groups attached to an aromatic ring is 1. The van der Waals surface area contributed by atoms with Gasteiger partial charge in [-0.15, -0.1) is 0 Å². The van der Waals surface area contributed by atoms with Crippen LogP contribution in [0.15, 0.2) is 18.2 Å². The Bertz CT molecular complexity index is 432. The van der Waals surface area contributed by atoms with Crippen molar-refractivity contribution in [2.75, 3.05) is 17.7 Å². The first-order chi connectivity index (χ1) is 9.10. The molecule has 3 N–H and O–H groups in total. The maximum atomic E-state index is 13.4. The summed E-state index contributed by atoms with van der Waals surface area (Å²) in [6, 6.07) is 5.18. The standard InChI is InChI=1S/C15H23FN2O/c1-3-15(4-2)10-11(8-9-19-15)18-13-7-5-6-12(16)14(13)17/h5-7,11,18H,3-4,8-10,17H2,1-2H3. The maximum absolute atomic E-state index is 13.4. The Balaban J connectivity index is 2.09. The number of hydrogen-bond acceptors (Lipinski definition) is 3. The fourth-order valence-electron chi connectivity index (χ4n) is 2.78. The van der Waals surface area contributed by atoms with Gasteiger partial charge in [0.25, 0.3) is 0 Å². The Hall–Kier alpha value is -1.29. The Labute approximate surface area is 114 Å². The second-order valence-corrected chi connectivity index (χ2v) is 5.27. The van der Waals surface area contributed by atoms with Crippen molar-refractivity contribution in [1.29, 1.82) is 0 Å². The molecule has 2 rings (SSSR count). The summed E-state index contributed by atoms with van der Waals surface area (Å²) in [4.78, 5) is 0. The van der Waals surface area contributed by atoms with Crippen LogP contribution in [0.1, 0.15) is 39.5 Å². The molecule has 4 heteroatoms. The van der Waals surface area contributed by atoms with Gasteiger partial charge in [-0.25, -0.2) is 4.39 Å². The topological polar surface area (TPSA) is 47.3 Å². The first-order valence-corrected chi connectivity index (χ1v) is 7.04. The highest BCUT2D eigenvalue weighted by Gasteiger charge is 2.34. The van der Waals surface area contributed by atoms with Gasteiger partial charge in [0.05, 0.1) is 17.0 Å². The summed E-state index contributed by atoms with van der Waals surface area (Å²) in [5.41, 5.74) is 6.61. The van der Waals surface area contributed by atoms with E-state index in [-0.39, 0.29) is 23.1 Å². The highest BCUT2D eigenvalue weighted by molar-refractivity contribution is 5.66. The van der Waals surface area contributed by atoms with Crippen LogP contribution in [0.25, 0.3) is 0 Å². The second kappa shape index (κ2) is 5.78. The molecule has 1 aliphatic heterocycles. The molecule has 0 bridgehead atoms. The lowest BCUT2D eigenvalue weighted by atomic mass is 9.86. The molecular weight excluding hydrogens is 243 g/mol. The monoisotopic (exact) mass is 266 g/mol. The van der Waals surface area contributed by atoms with Crippen molar-refractivity contribution in [2.24, 2.45) is 0 Å². The minimum Gasteiger partial charge on any atom is -0.395 e. The molecule has 0 spiro atoms. The lowest BCUT2D eigenvalue weighted by Crippen LogP contribution is -2.43. The highest BCUT2D eigenvalue weighted by Crippen LogP contribution is 2.33. The number of benzene rings is 1. The van der Waals surface area contributed by atoms with E-state index in [9.17, 15) is 4.39 Å². The summed E-state index contributed by atoms with van der Waals surface area (Å²) in [6.07, 6.45) is 3.87. The summed E-state index contributed by atoms with van der Waals surface area (Å²) in [5, 5.41) is 3.37. The van der Waals surface area contributed by atoms with Crippen LogP contribution in [-0.2, 0) is 4.74 Å². The van der Waals surface area contributed by atoms with E-state index in [4.69, 9.17) is 10.5 Å². The van der Waals surface area contributed by atoms with Crippen molar-refractivity contribution < 1.29 is 9.13 Å². The normalized spacial score (nSPS) is 22.2. The Morgan fingerprint density at radius 2 is 2.16 bits per heavy atom. The number of anilines is 2. The summed E-state index contributed by atoms with van der Waals surface area (Å²) >= 11 is 0. The van der Waals surface area contributed by atoms with Crippen LogP contribution in [0.5, 0.6) is 0 Å². The third-order valence-electron chi connectivity index (χ3n) is 4.19. The summed E-state index contributed by atoms with van der Waals surface area (Å²) in [5.74, 6) is -0.366. The zero-order valence-corrected chi connectivity index (χ0v) is 11.7. The fourth-order valence-corrected chi connectivity index (χ4v) is 2.78. The first kappa shape index (κ1) is 14.1. The first-order valence-electron chi connectivity index (χ1n) is 7.04. The van der Waals surface area contributed by atoms with Gasteiger partial charge in [-0.05, 0) is 37.8 Å². The van der Waals surface area contributed by atoms with Gasteiger partial charge in [0.15, 0.2) is 0 Å². The number of ether oxygens (including phenoxy) is 1. The SMILES string of the molecule is CCC1(CC)CC(Nc2cccc(F)c2N)CCO1. The molecule has 1 unspecified atom stereocenters. The van der Waals surface area contributed by atoms with Crippen molar-refractivity contribution in [3.63, 3.8) is 0 Å². The van der Waals surface area contributed by atoms with E-state index in [2.05, 4.69) is 19.2 Å². The van der Waals surface area contributed by atoms with Gasteiger partial charge in [-0.2, -0.15) is 0 Å². The van der Waals surface area contributed by atoms with Crippen molar-refractivity contribution in [3.05, 3.63) is 24.0 Å². The van der Waals surface area contributed by atoms with Gasteiger partial charge in [0.1, 0.15) is 5.82 Å². The molecule has 0 saturated carbocycles. The van der Waals surface area contributed by atoms with Crippen LogP contribution in [0.2, 0.25) is 0 Å². The molecule has 3 nitrogen and oxygen atoms in total. The number of halogens is 1. The van der Waals surface area contributed by atoms with Gasteiger partial charge in [-0.1, -0.05) is 19.9 Å². The van der Waals surface area contributed by atoms with Crippen LogP contribution in [-0.4, -0.2) is 18.2 Å². The number of nitrogens with one attached hydrogen (secondary N) is 1. The third kappa shape index (κ3) is 3.00. The van der Waals surface area contributed by atoms with E-state index >= 15 is 0 Å². The molecule has 1 aromatic rings. The fraction of sp³-hybridized carbons (Fsp3) is 0.600. The van der Waals surface area contributed by atoms with Crippen molar-refractivity contribution in [3.8, 4) is 0 Å². The molecule has 1 aliphatic rings. The summed E-state index contributed by atoms with van der Waals surface area (Å²) in [7, 11) is 0.